The van der Waals surface area contributed by atoms with Crippen LogP contribution in [0.4, 0.5) is 0 Å². The van der Waals surface area contributed by atoms with Crippen LogP contribution in [0.3, 0.4) is 0 Å². The van der Waals surface area contributed by atoms with Crippen LogP contribution in [0.5, 0.6) is 0 Å². The molecule has 82 valence electrons. The maximum atomic E-state index is 6.55. The van der Waals surface area contributed by atoms with E-state index in [0.29, 0.717) is 0 Å². The lowest BCUT2D eigenvalue weighted by molar-refractivity contribution is 0.0377. The van der Waals surface area contributed by atoms with Gasteiger partial charge >= 0.3 is 0 Å². The number of hydrogen-bond acceptors (Lipinski definition) is 0. The van der Waals surface area contributed by atoms with Gasteiger partial charge in [0.05, 0.1) is 7.85 Å². The maximum absolute atomic E-state index is 6.55. The van der Waals surface area contributed by atoms with E-state index in [0.717, 1.165) is 29.6 Å². The standard InChI is InChI=1S/C14H23B/c1-9-7-11-4-3-10-5-6-14(2,15)12(8-9)13(10)11/h9-13H,3-8H2,1-2H3. The van der Waals surface area contributed by atoms with E-state index in [-0.39, 0.29) is 5.31 Å². The van der Waals surface area contributed by atoms with Crippen molar-refractivity contribution in [2.75, 3.05) is 0 Å². The first-order chi connectivity index (χ1) is 7.08. The molecular weight excluding hydrogens is 179 g/mol. The molecule has 0 saturated heterocycles. The highest BCUT2D eigenvalue weighted by Crippen LogP contribution is 2.62. The molecule has 3 fully saturated rings. The molecule has 3 aliphatic rings. The fraction of sp³-hybridized carbons (Fsp3) is 1.00. The molecule has 2 radical (unpaired) electrons. The summed E-state index contributed by atoms with van der Waals surface area (Å²) < 4.78 is 0. The van der Waals surface area contributed by atoms with Crippen LogP contribution in [0.2, 0.25) is 5.31 Å². The zero-order valence-corrected chi connectivity index (χ0v) is 10.2. The van der Waals surface area contributed by atoms with Gasteiger partial charge in [0.2, 0.25) is 0 Å². The summed E-state index contributed by atoms with van der Waals surface area (Å²) in [6, 6.07) is 0. The normalized spacial score (nSPS) is 58.9. The van der Waals surface area contributed by atoms with Crippen molar-refractivity contribution in [2.45, 2.75) is 57.7 Å². The Bertz CT molecular complexity index is 258. The smallest absolute Gasteiger partial charge is 0.0674 e. The molecule has 0 nitrogen and oxygen atoms in total. The van der Waals surface area contributed by atoms with E-state index in [1.807, 2.05) is 0 Å². The second-order valence-electron chi connectivity index (χ2n) is 6.90. The van der Waals surface area contributed by atoms with Crippen LogP contribution in [0, 0.1) is 29.6 Å². The van der Waals surface area contributed by atoms with E-state index < -0.39 is 0 Å². The molecule has 15 heavy (non-hydrogen) atoms. The van der Waals surface area contributed by atoms with Crippen molar-refractivity contribution < 1.29 is 0 Å². The summed E-state index contributed by atoms with van der Waals surface area (Å²) in [4.78, 5) is 0. The molecule has 0 N–H and O–H groups in total. The predicted molar refractivity (Wildman–Crippen MR) is 64.9 cm³/mol. The van der Waals surface area contributed by atoms with E-state index in [9.17, 15) is 0 Å². The van der Waals surface area contributed by atoms with Crippen LogP contribution >= 0.6 is 0 Å². The van der Waals surface area contributed by atoms with Gasteiger partial charge in [-0.3, -0.25) is 0 Å². The van der Waals surface area contributed by atoms with Crippen LogP contribution in [0.1, 0.15) is 52.4 Å². The Morgan fingerprint density at radius 1 is 1.07 bits per heavy atom. The van der Waals surface area contributed by atoms with Gasteiger partial charge in [-0.15, -0.1) is 0 Å². The highest BCUT2D eigenvalue weighted by molar-refractivity contribution is 6.15. The molecule has 0 amide bonds. The topological polar surface area (TPSA) is 0 Å². The zero-order chi connectivity index (χ0) is 10.6. The van der Waals surface area contributed by atoms with Gasteiger partial charge in [-0.2, -0.15) is 0 Å². The molecule has 0 aliphatic heterocycles. The third-order valence-corrected chi connectivity index (χ3v) is 5.72. The first kappa shape index (κ1) is 10.2. The van der Waals surface area contributed by atoms with Crippen molar-refractivity contribution in [3.05, 3.63) is 0 Å². The van der Waals surface area contributed by atoms with Crippen molar-refractivity contribution in [2.24, 2.45) is 29.6 Å². The summed E-state index contributed by atoms with van der Waals surface area (Å²) in [6.45, 7) is 4.76. The monoisotopic (exact) mass is 202 g/mol. The molecular formula is C14H23B. The van der Waals surface area contributed by atoms with Gasteiger partial charge in [-0.25, -0.2) is 0 Å². The van der Waals surface area contributed by atoms with Crippen LogP contribution in [0.25, 0.3) is 0 Å². The fourth-order valence-electron chi connectivity index (χ4n) is 5.06. The van der Waals surface area contributed by atoms with Gasteiger partial charge in [0.1, 0.15) is 0 Å². The summed E-state index contributed by atoms with van der Waals surface area (Å²) >= 11 is 0. The predicted octanol–water partition coefficient (Wildman–Crippen LogP) is 3.82. The summed E-state index contributed by atoms with van der Waals surface area (Å²) in [7, 11) is 6.55. The van der Waals surface area contributed by atoms with Gasteiger partial charge in [-0.1, -0.05) is 32.0 Å². The van der Waals surface area contributed by atoms with E-state index >= 15 is 0 Å². The Balaban J connectivity index is 1.91. The summed E-state index contributed by atoms with van der Waals surface area (Å²) in [5.74, 6) is 4.85. The molecule has 6 unspecified atom stereocenters. The Morgan fingerprint density at radius 2 is 1.80 bits per heavy atom. The summed E-state index contributed by atoms with van der Waals surface area (Å²) in [6.07, 6.45) is 8.61. The second kappa shape index (κ2) is 3.28. The minimum Gasteiger partial charge on any atom is -0.0674 e. The first-order valence-electron chi connectivity index (χ1n) is 6.87. The van der Waals surface area contributed by atoms with Gasteiger partial charge in [0.25, 0.3) is 0 Å². The van der Waals surface area contributed by atoms with Crippen LogP contribution < -0.4 is 0 Å². The molecule has 3 aliphatic carbocycles. The highest BCUT2D eigenvalue weighted by Gasteiger charge is 2.51. The lowest BCUT2D eigenvalue weighted by Gasteiger charge is -2.52. The van der Waals surface area contributed by atoms with Crippen molar-refractivity contribution in [1.82, 2.24) is 0 Å². The average molecular weight is 202 g/mol. The third-order valence-electron chi connectivity index (χ3n) is 5.72. The minimum atomic E-state index is 0.151. The average Bonchev–Trinajstić information content (AvgIpc) is 2.55. The molecule has 0 aromatic rings. The van der Waals surface area contributed by atoms with Crippen molar-refractivity contribution in [3.8, 4) is 0 Å². The van der Waals surface area contributed by atoms with Crippen LogP contribution in [-0.2, 0) is 0 Å². The van der Waals surface area contributed by atoms with Crippen LogP contribution in [-0.4, -0.2) is 7.85 Å². The van der Waals surface area contributed by atoms with Gasteiger partial charge in [0, 0.05) is 0 Å². The van der Waals surface area contributed by atoms with Gasteiger partial charge < -0.3 is 0 Å². The molecule has 0 aromatic carbocycles. The van der Waals surface area contributed by atoms with Crippen molar-refractivity contribution in [3.63, 3.8) is 0 Å². The lowest BCUT2D eigenvalue weighted by Crippen LogP contribution is -2.42. The molecule has 0 aromatic heterocycles. The molecule has 0 spiro atoms. The van der Waals surface area contributed by atoms with E-state index in [1.165, 1.54) is 38.5 Å². The lowest BCUT2D eigenvalue weighted by atomic mass is 9.46. The van der Waals surface area contributed by atoms with E-state index in [1.54, 1.807) is 0 Å². The summed E-state index contributed by atoms with van der Waals surface area (Å²) in [5, 5.41) is 0.151. The first-order valence-corrected chi connectivity index (χ1v) is 6.87. The molecule has 0 heterocycles. The fourth-order valence-corrected chi connectivity index (χ4v) is 5.06. The Kier molecular flexibility index (Phi) is 2.24. The van der Waals surface area contributed by atoms with E-state index in [2.05, 4.69) is 13.8 Å². The number of hydrogen-bond donors (Lipinski definition) is 0. The quantitative estimate of drug-likeness (QED) is 0.524. The Hall–Kier alpha value is 0.0649. The van der Waals surface area contributed by atoms with Crippen molar-refractivity contribution in [1.29, 1.82) is 0 Å². The van der Waals surface area contributed by atoms with Gasteiger partial charge in [-0.05, 0) is 55.3 Å². The second-order valence-corrected chi connectivity index (χ2v) is 6.90. The minimum absolute atomic E-state index is 0.151. The maximum Gasteiger partial charge on any atom is 0.0746 e. The molecule has 6 atom stereocenters. The molecule has 3 saturated carbocycles. The molecule has 3 rings (SSSR count). The third kappa shape index (κ3) is 1.49. The largest absolute Gasteiger partial charge is 0.0746 e. The van der Waals surface area contributed by atoms with E-state index in [4.69, 9.17) is 7.85 Å². The summed E-state index contributed by atoms with van der Waals surface area (Å²) in [5.41, 5.74) is 0. The highest BCUT2D eigenvalue weighted by atomic mass is 14.6. The Labute approximate surface area is 95.6 Å². The molecule has 1 heteroatoms. The van der Waals surface area contributed by atoms with Gasteiger partial charge in [0.15, 0.2) is 0 Å². The Morgan fingerprint density at radius 3 is 2.60 bits per heavy atom. The molecule has 0 bridgehead atoms. The van der Waals surface area contributed by atoms with Crippen molar-refractivity contribution >= 4 is 7.85 Å². The number of rotatable bonds is 0. The zero-order valence-electron chi connectivity index (χ0n) is 10.2. The van der Waals surface area contributed by atoms with Crippen LogP contribution in [0.15, 0.2) is 0 Å². The SMILES string of the molecule is [B]C1(C)CCC2CCC3CC(C)CC1C23.